The minimum Gasteiger partial charge on any atom is -0.314 e. The number of thiazole rings is 1. The SMILES string of the molecule is CCCCC(C)NCCCSc1nccs1. The van der Waals surface area contributed by atoms with Crippen LogP contribution in [0.5, 0.6) is 0 Å². The van der Waals surface area contributed by atoms with Gasteiger partial charge in [0, 0.05) is 23.4 Å². The lowest BCUT2D eigenvalue weighted by atomic mass is 10.1. The number of hydrogen-bond acceptors (Lipinski definition) is 4. The number of nitrogens with zero attached hydrogens (tertiary/aromatic N) is 1. The van der Waals surface area contributed by atoms with Crippen LogP contribution in [0.1, 0.15) is 39.5 Å². The first-order valence-electron chi connectivity index (χ1n) is 6.08. The second kappa shape index (κ2) is 9.02. The molecule has 1 atom stereocenters. The van der Waals surface area contributed by atoms with Crippen LogP contribution in [-0.2, 0) is 0 Å². The fraction of sp³-hybridized carbons (Fsp3) is 0.750. The van der Waals surface area contributed by atoms with Crippen LogP contribution in [0.25, 0.3) is 0 Å². The van der Waals surface area contributed by atoms with Crippen molar-refractivity contribution >= 4 is 23.1 Å². The lowest BCUT2D eigenvalue weighted by Crippen LogP contribution is -2.27. The third-order valence-electron chi connectivity index (χ3n) is 2.44. The fourth-order valence-corrected chi connectivity index (χ4v) is 3.12. The molecule has 0 saturated carbocycles. The van der Waals surface area contributed by atoms with E-state index in [-0.39, 0.29) is 0 Å². The molecule has 16 heavy (non-hydrogen) atoms. The summed E-state index contributed by atoms with van der Waals surface area (Å²) < 4.78 is 1.19. The van der Waals surface area contributed by atoms with Crippen LogP contribution in [0.15, 0.2) is 15.9 Å². The van der Waals surface area contributed by atoms with E-state index in [2.05, 4.69) is 24.1 Å². The lowest BCUT2D eigenvalue weighted by molar-refractivity contribution is 0.496. The standard InChI is InChI=1S/C12H22N2S2/c1-3-4-6-11(2)13-7-5-9-15-12-14-8-10-16-12/h8,10-11,13H,3-7,9H2,1-2H3. The molecule has 0 saturated heterocycles. The van der Waals surface area contributed by atoms with Gasteiger partial charge in [0.1, 0.15) is 4.34 Å². The quantitative estimate of drug-likeness (QED) is 0.539. The number of aromatic nitrogens is 1. The van der Waals surface area contributed by atoms with E-state index in [1.807, 2.05) is 23.3 Å². The molecule has 0 aromatic carbocycles. The normalized spacial score (nSPS) is 12.9. The predicted molar refractivity (Wildman–Crippen MR) is 74.4 cm³/mol. The van der Waals surface area contributed by atoms with Crippen molar-refractivity contribution in [2.45, 2.75) is 49.9 Å². The number of hydrogen-bond donors (Lipinski definition) is 1. The molecule has 1 unspecified atom stereocenters. The Morgan fingerprint density at radius 1 is 1.50 bits per heavy atom. The zero-order chi connectivity index (χ0) is 11.6. The fourth-order valence-electron chi connectivity index (χ4n) is 1.47. The third kappa shape index (κ3) is 6.51. The molecule has 1 aromatic heterocycles. The molecule has 0 amide bonds. The third-order valence-corrected chi connectivity index (χ3v) is 4.49. The number of unbranched alkanes of at least 4 members (excludes halogenated alkanes) is 1. The van der Waals surface area contributed by atoms with Crippen molar-refractivity contribution in [3.05, 3.63) is 11.6 Å². The molecule has 1 heterocycles. The highest BCUT2D eigenvalue weighted by atomic mass is 32.2. The molecule has 4 heteroatoms. The van der Waals surface area contributed by atoms with E-state index in [0.717, 1.165) is 6.54 Å². The van der Waals surface area contributed by atoms with E-state index >= 15 is 0 Å². The first-order chi connectivity index (χ1) is 7.83. The molecular weight excluding hydrogens is 236 g/mol. The number of nitrogens with one attached hydrogen (secondary N) is 1. The molecule has 92 valence electrons. The predicted octanol–water partition coefficient (Wildman–Crippen LogP) is 3.79. The van der Waals surface area contributed by atoms with E-state index in [1.165, 1.54) is 35.8 Å². The van der Waals surface area contributed by atoms with Gasteiger partial charge in [-0.25, -0.2) is 4.98 Å². The van der Waals surface area contributed by atoms with E-state index in [9.17, 15) is 0 Å². The van der Waals surface area contributed by atoms with Gasteiger partial charge in [-0.05, 0) is 26.3 Å². The molecule has 0 aliphatic carbocycles. The van der Waals surface area contributed by atoms with Crippen LogP contribution in [0.2, 0.25) is 0 Å². The second-order valence-corrected chi connectivity index (χ2v) is 6.23. The maximum Gasteiger partial charge on any atom is 0.149 e. The molecule has 0 bridgehead atoms. The minimum absolute atomic E-state index is 0.671. The molecule has 1 aromatic rings. The van der Waals surface area contributed by atoms with Gasteiger partial charge in [0.25, 0.3) is 0 Å². The Bertz CT molecular complexity index is 250. The van der Waals surface area contributed by atoms with Gasteiger partial charge in [-0.15, -0.1) is 11.3 Å². The average Bonchev–Trinajstić information content (AvgIpc) is 2.79. The summed E-state index contributed by atoms with van der Waals surface area (Å²) in [5.41, 5.74) is 0. The smallest absolute Gasteiger partial charge is 0.149 e. The topological polar surface area (TPSA) is 24.9 Å². The maximum absolute atomic E-state index is 4.25. The highest BCUT2D eigenvalue weighted by Gasteiger charge is 2.00. The van der Waals surface area contributed by atoms with Crippen LogP contribution in [0, 0.1) is 0 Å². The van der Waals surface area contributed by atoms with Gasteiger partial charge < -0.3 is 5.32 Å². The van der Waals surface area contributed by atoms with Crippen molar-refractivity contribution in [1.29, 1.82) is 0 Å². The summed E-state index contributed by atoms with van der Waals surface area (Å²) in [4.78, 5) is 4.25. The van der Waals surface area contributed by atoms with Gasteiger partial charge in [0.15, 0.2) is 0 Å². The Kier molecular flexibility index (Phi) is 7.89. The van der Waals surface area contributed by atoms with Crippen LogP contribution >= 0.6 is 23.1 Å². The zero-order valence-corrected chi connectivity index (χ0v) is 11.9. The highest BCUT2D eigenvalue weighted by molar-refractivity contribution is 8.00. The summed E-state index contributed by atoms with van der Waals surface area (Å²) in [5, 5.41) is 5.60. The van der Waals surface area contributed by atoms with Crippen molar-refractivity contribution in [3.8, 4) is 0 Å². The lowest BCUT2D eigenvalue weighted by Gasteiger charge is -2.12. The number of rotatable bonds is 9. The Morgan fingerprint density at radius 3 is 3.06 bits per heavy atom. The van der Waals surface area contributed by atoms with Crippen LogP contribution in [-0.4, -0.2) is 23.3 Å². The summed E-state index contributed by atoms with van der Waals surface area (Å²) in [6, 6.07) is 0.671. The maximum atomic E-state index is 4.25. The molecule has 0 aliphatic rings. The van der Waals surface area contributed by atoms with Crippen molar-refractivity contribution < 1.29 is 0 Å². The summed E-state index contributed by atoms with van der Waals surface area (Å²) in [7, 11) is 0. The molecule has 0 radical (unpaired) electrons. The summed E-state index contributed by atoms with van der Waals surface area (Å²) in [6.07, 6.45) is 7.03. The first-order valence-corrected chi connectivity index (χ1v) is 7.95. The van der Waals surface area contributed by atoms with Crippen molar-refractivity contribution in [1.82, 2.24) is 10.3 Å². The van der Waals surface area contributed by atoms with Gasteiger partial charge in [0.05, 0.1) is 0 Å². The summed E-state index contributed by atoms with van der Waals surface area (Å²) >= 11 is 3.59. The second-order valence-electron chi connectivity index (χ2n) is 4.00. The largest absolute Gasteiger partial charge is 0.314 e. The van der Waals surface area contributed by atoms with Crippen LogP contribution in [0.3, 0.4) is 0 Å². The van der Waals surface area contributed by atoms with E-state index < -0.39 is 0 Å². The van der Waals surface area contributed by atoms with Crippen molar-refractivity contribution in [2.24, 2.45) is 0 Å². The molecule has 2 nitrogen and oxygen atoms in total. The van der Waals surface area contributed by atoms with Crippen LogP contribution in [0.4, 0.5) is 0 Å². The Morgan fingerprint density at radius 2 is 2.38 bits per heavy atom. The minimum atomic E-state index is 0.671. The van der Waals surface area contributed by atoms with E-state index in [4.69, 9.17) is 0 Å². The Balaban J connectivity index is 1.91. The van der Waals surface area contributed by atoms with Crippen molar-refractivity contribution in [3.63, 3.8) is 0 Å². The summed E-state index contributed by atoms with van der Waals surface area (Å²) in [5.74, 6) is 1.17. The first kappa shape index (κ1) is 14.0. The molecule has 1 N–H and O–H groups in total. The molecule has 0 spiro atoms. The van der Waals surface area contributed by atoms with E-state index in [1.54, 1.807) is 11.3 Å². The van der Waals surface area contributed by atoms with Gasteiger partial charge in [-0.1, -0.05) is 31.5 Å². The molecule has 1 rings (SSSR count). The molecular formula is C12H22N2S2. The van der Waals surface area contributed by atoms with Gasteiger partial charge in [-0.3, -0.25) is 0 Å². The van der Waals surface area contributed by atoms with Gasteiger partial charge in [0.2, 0.25) is 0 Å². The Hall–Kier alpha value is -0.0600. The average molecular weight is 258 g/mol. The molecule has 0 aliphatic heterocycles. The van der Waals surface area contributed by atoms with Gasteiger partial charge >= 0.3 is 0 Å². The van der Waals surface area contributed by atoms with E-state index in [0.29, 0.717) is 6.04 Å². The Labute approximate surface area is 107 Å². The highest BCUT2D eigenvalue weighted by Crippen LogP contribution is 2.20. The van der Waals surface area contributed by atoms with Gasteiger partial charge in [-0.2, -0.15) is 0 Å². The van der Waals surface area contributed by atoms with Crippen LogP contribution < -0.4 is 5.32 Å². The monoisotopic (exact) mass is 258 g/mol. The zero-order valence-electron chi connectivity index (χ0n) is 10.2. The number of thioether (sulfide) groups is 1. The summed E-state index contributed by atoms with van der Waals surface area (Å²) in [6.45, 7) is 5.66. The van der Waals surface area contributed by atoms with Crippen molar-refractivity contribution in [2.75, 3.05) is 12.3 Å². The molecule has 0 fully saturated rings.